The lowest BCUT2D eigenvalue weighted by Crippen LogP contribution is -2.50. The quantitative estimate of drug-likeness (QED) is 0.0241. The number of aliphatic carboxylic acids is 1. The van der Waals surface area contributed by atoms with Crippen LogP contribution in [0, 0.1) is 0 Å². The Hall–Kier alpha value is -2.71. The average Bonchev–Trinajstić information content (AvgIpc) is 3.05. The van der Waals surface area contributed by atoms with E-state index in [4.69, 9.17) is 14.2 Å². The van der Waals surface area contributed by atoms with E-state index in [1.807, 2.05) is 27.2 Å². The first-order valence-electron chi connectivity index (χ1n) is 19.2. The predicted molar refractivity (Wildman–Crippen MR) is 201 cm³/mol. The normalized spacial score (nSPS) is 13.6. The molecule has 0 fully saturated rings. The van der Waals surface area contributed by atoms with Gasteiger partial charge in [-0.15, -0.1) is 0 Å². The number of hydrogen-bond acceptors (Lipinski definition) is 6. The van der Waals surface area contributed by atoms with Crippen molar-refractivity contribution in [2.75, 3.05) is 41.0 Å². The summed E-state index contributed by atoms with van der Waals surface area (Å²) < 4.78 is 17.2. The molecular formula is C41H72NO7+. The van der Waals surface area contributed by atoms with Gasteiger partial charge in [0, 0.05) is 19.3 Å². The third-order valence-electron chi connectivity index (χ3n) is 8.27. The third kappa shape index (κ3) is 31.0. The number of rotatable bonds is 33. The van der Waals surface area contributed by atoms with Crippen LogP contribution in [0.4, 0.5) is 0 Å². The fraction of sp³-hybridized carbons (Fsp3) is 0.732. The summed E-state index contributed by atoms with van der Waals surface area (Å²) in [5, 5.41) is 9.58. The maximum atomic E-state index is 12.6. The van der Waals surface area contributed by atoms with Crippen molar-refractivity contribution >= 4 is 17.9 Å². The number of esters is 2. The second-order valence-corrected chi connectivity index (χ2v) is 13.9. The highest BCUT2D eigenvalue weighted by Crippen LogP contribution is 2.13. The van der Waals surface area contributed by atoms with Gasteiger partial charge >= 0.3 is 17.9 Å². The second kappa shape index (κ2) is 32.5. The summed E-state index contributed by atoms with van der Waals surface area (Å²) in [7, 11) is 5.50. The van der Waals surface area contributed by atoms with Crippen LogP contribution in [0.5, 0.6) is 0 Å². The highest BCUT2D eigenvalue weighted by atomic mass is 16.6. The Balaban J connectivity index is 4.47. The van der Waals surface area contributed by atoms with E-state index >= 15 is 0 Å². The highest BCUT2D eigenvalue weighted by Gasteiger charge is 2.31. The third-order valence-corrected chi connectivity index (χ3v) is 8.27. The zero-order chi connectivity index (χ0) is 36.4. The first-order valence-corrected chi connectivity index (χ1v) is 19.2. The molecule has 1 N–H and O–H groups in total. The zero-order valence-electron chi connectivity index (χ0n) is 31.9. The smallest absolute Gasteiger partial charge is 0.362 e. The maximum Gasteiger partial charge on any atom is 0.362 e. The molecule has 0 saturated heterocycles. The van der Waals surface area contributed by atoms with E-state index in [0.717, 1.165) is 77.0 Å². The van der Waals surface area contributed by atoms with Crippen molar-refractivity contribution in [3.63, 3.8) is 0 Å². The number of carbonyl (C=O) groups is 3. The number of ether oxygens (including phenoxy) is 3. The zero-order valence-corrected chi connectivity index (χ0v) is 31.9. The van der Waals surface area contributed by atoms with Gasteiger partial charge in [-0.2, -0.15) is 0 Å². The predicted octanol–water partition coefficient (Wildman–Crippen LogP) is 9.68. The minimum absolute atomic E-state index is 0.0497. The Labute approximate surface area is 299 Å². The largest absolute Gasteiger partial charge is 0.477 e. The summed E-state index contributed by atoms with van der Waals surface area (Å²) in [6, 6.07) is -0.618. The summed E-state index contributed by atoms with van der Waals surface area (Å²) in [5.74, 6) is -1.51. The van der Waals surface area contributed by atoms with Crippen LogP contribution < -0.4 is 0 Å². The van der Waals surface area contributed by atoms with Gasteiger partial charge in [-0.3, -0.25) is 9.59 Å². The first-order chi connectivity index (χ1) is 23.6. The van der Waals surface area contributed by atoms with E-state index in [0.29, 0.717) is 19.3 Å². The lowest BCUT2D eigenvalue weighted by Gasteiger charge is -2.31. The van der Waals surface area contributed by atoms with Crippen LogP contribution in [0.25, 0.3) is 0 Å². The summed E-state index contributed by atoms with van der Waals surface area (Å²) in [4.78, 5) is 36.8. The van der Waals surface area contributed by atoms with Gasteiger partial charge in [-0.1, -0.05) is 114 Å². The molecule has 0 bridgehead atoms. The van der Waals surface area contributed by atoms with Gasteiger partial charge in [0.2, 0.25) is 0 Å². The number of carboxylic acid groups (broad SMARTS) is 1. The number of unbranched alkanes of at least 4 members (excludes halogenated alkanes) is 13. The first kappa shape index (κ1) is 46.3. The van der Waals surface area contributed by atoms with E-state index in [1.165, 1.54) is 32.1 Å². The molecule has 0 aromatic rings. The molecule has 2 unspecified atom stereocenters. The molecule has 0 aliphatic heterocycles. The molecule has 282 valence electrons. The second-order valence-electron chi connectivity index (χ2n) is 13.9. The Morgan fingerprint density at radius 1 is 0.633 bits per heavy atom. The molecule has 8 nitrogen and oxygen atoms in total. The van der Waals surface area contributed by atoms with Gasteiger partial charge in [-0.05, 0) is 57.8 Å². The van der Waals surface area contributed by atoms with E-state index in [1.54, 1.807) is 0 Å². The number of carbonyl (C=O) groups excluding carboxylic acids is 2. The summed E-state index contributed by atoms with van der Waals surface area (Å²) in [6.07, 6.45) is 35.8. The molecule has 0 amide bonds. The average molecular weight is 691 g/mol. The van der Waals surface area contributed by atoms with Gasteiger partial charge in [0.1, 0.15) is 6.61 Å². The fourth-order valence-electron chi connectivity index (χ4n) is 5.26. The van der Waals surface area contributed by atoms with Gasteiger partial charge in [-0.25, -0.2) is 4.79 Å². The van der Waals surface area contributed by atoms with Crippen LogP contribution in [0.1, 0.15) is 142 Å². The summed E-state index contributed by atoms with van der Waals surface area (Å²) >= 11 is 0. The molecule has 0 aliphatic carbocycles. The molecule has 0 heterocycles. The molecule has 2 atom stereocenters. The van der Waals surface area contributed by atoms with E-state index in [9.17, 15) is 19.5 Å². The fourth-order valence-corrected chi connectivity index (χ4v) is 5.26. The number of nitrogens with zero attached hydrogens (tertiary/aromatic N) is 1. The van der Waals surface area contributed by atoms with Crippen LogP contribution in [0.15, 0.2) is 48.6 Å². The Morgan fingerprint density at radius 2 is 1.16 bits per heavy atom. The maximum absolute atomic E-state index is 12.6. The molecule has 0 saturated carbocycles. The Bertz CT molecular complexity index is 948. The van der Waals surface area contributed by atoms with Crippen molar-refractivity contribution in [1.29, 1.82) is 0 Å². The van der Waals surface area contributed by atoms with Gasteiger partial charge in [0.05, 0.1) is 34.4 Å². The van der Waals surface area contributed by atoms with Crippen LogP contribution in [-0.4, -0.2) is 80.6 Å². The number of quaternary nitrogens is 1. The van der Waals surface area contributed by atoms with E-state index < -0.39 is 18.1 Å². The highest BCUT2D eigenvalue weighted by molar-refractivity contribution is 5.72. The van der Waals surface area contributed by atoms with Crippen LogP contribution in [0.2, 0.25) is 0 Å². The minimum atomic E-state index is -0.882. The van der Waals surface area contributed by atoms with Gasteiger partial charge < -0.3 is 23.8 Å². The van der Waals surface area contributed by atoms with Crippen LogP contribution >= 0.6 is 0 Å². The van der Waals surface area contributed by atoms with Crippen molar-refractivity contribution in [2.45, 2.75) is 154 Å². The molecule has 49 heavy (non-hydrogen) atoms. The molecule has 8 heteroatoms. The lowest BCUT2D eigenvalue weighted by atomic mass is 10.1. The number of allylic oxidation sites excluding steroid dienone is 8. The number of likely N-dealkylation sites (N-methyl/N-ethyl adjacent to an activating group) is 1. The Morgan fingerprint density at radius 3 is 1.73 bits per heavy atom. The van der Waals surface area contributed by atoms with Crippen molar-refractivity contribution in [3.05, 3.63) is 48.6 Å². The van der Waals surface area contributed by atoms with Crippen molar-refractivity contribution in [1.82, 2.24) is 0 Å². The van der Waals surface area contributed by atoms with Crippen molar-refractivity contribution in [3.8, 4) is 0 Å². The number of hydrogen-bond donors (Lipinski definition) is 1. The number of carboxylic acids is 1. The van der Waals surface area contributed by atoms with E-state index in [-0.39, 0.29) is 36.2 Å². The van der Waals surface area contributed by atoms with Crippen molar-refractivity contribution in [2.24, 2.45) is 0 Å². The minimum Gasteiger partial charge on any atom is -0.477 e. The van der Waals surface area contributed by atoms with Crippen molar-refractivity contribution < 1.29 is 38.2 Å². The molecule has 0 aromatic carbocycles. The topological polar surface area (TPSA) is 99.1 Å². The van der Waals surface area contributed by atoms with Crippen LogP contribution in [0.3, 0.4) is 0 Å². The van der Waals surface area contributed by atoms with Crippen LogP contribution in [-0.2, 0) is 28.6 Å². The van der Waals surface area contributed by atoms with Gasteiger partial charge in [0.15, 0.2) is 12.1 Å². The summed E-state index contributed by atoms with van der Waals surface area (Å²) in [6.45, 7) is 4.52. The molecular weight excluding hydrogens is 618 g/mol. The monoisotopic (exact) mass is 691 g/mol. The molecule has 0 aromatic heterocycles. The van der Waals surface area contributed by atoms with Gasteiger partial charge in [0.25, 0.3) is 0 Å². The molecule has 0 rings (SSSR count). The lowest BCUT2D eigenvalue weighted by molar-refractivity contribution is -0.887. The Kier molecular flexibility index (Phi) is 30.7. The molecule has 0 radical (unpaired) electrons. The van der Waals surface area contributed by atoms with E-state index in [2.05, 4.69) is 56.4 Å². The molecule has 0 aliphatic rings. The standard InChI is InChI=1S/C41H71NO7/c1-6-8-10-12-14-16-18-20-22-23-25-27-29-31-39(43)48-36-37(35-47-34-33-38(41(45)46)42(3,4)5)49-40(44)32-30-28-26-24-21-19-17-15-13-11-9-7-2/h8,10,12,14-18,37-38H,6-7,9,11,13,19-36H2,1-5H3/p+1/b10-8+,14-12+,17-15+,18-16+. The summed E-state index contributed by atoms with van der Waals surface area (Å²) in [5.41, 5.74) is 0. The SMILES string of the molecule is CC/C=C/C=C/C=C/CCCCCCCC(=O)OCC(COCCC(C(=O)O)[N+](C)(C)C)OC(=O)CCCCCCC/C=C/CCCCC. The molecule has 0 spiro atoms.